The minimum Gasteiger partial charge on any atom is -0.483 e. The van der Waals surface area contributed by atoms with Crippen molar-refractivity contribution in [3.63, 3.8) is 0 Å². The molecule has 1 saturated heterocycles. The number of nitrogens with zero attached hydrogens (tertiary/aromatic N) is 5. The maximum atomic E-state index is 13.7. The number of methoxy groups -OCH3 is 1. The number of carbonyl (C=O) groups is 2. The number of rotatable bonds is 7. The largest absolute Gasteiger partial charge is 0.483 e. The summed E-state index contributed by atoms with van der Waals surface area (Å²) in [5.41, 5.74) is 0.542. The Hall–Kier alpha value is -4.94. The van der Waals surface area contributed by atoms with E-state index in [1.54, 1.807) is 25.1 Å². The van der Waals surface area contributed by atoms with Crippen LogP contribution in [0.25, 0.3) is 0 Å². The van der Waals surface area contributed by atoms with Crippen LogP contribution in [0.5, 0.6) is 0 Å². The van der Waals surface area contributed by atoms with E-state index >= 15 is 0 Å². The molecule has 0 spiro atoms. The van der Waals surface area contributed by atoms with Crippen LogP contribution in [0.15, 0.2) is 58.5 Å². The first kappa shape index (κ1) is 34.9. The van der Waals surface area contributed by atoms with Gasteiger partial charge in [-0.3, -0.25) is 9.69 Å². The van der Waals surface area contributed by atoms with E-state index in [9.17, 15) is 28.0 Å². The molecule has 1 fully saturated rings. The van der Waals surface area contributed by atoms with Crippen LogP contribution in [0.1, 0.15) is 48.1 Å². The number of aromatic amines is 1. The number of nitrogens with one attached hydrogen (secondary N) is 1. The van der Waals surface area contributed by atoms with Crippen LogP contribution in [0.4, 0.5) is 24.8 Å². The Bertz CT molecular complexity index is 1750. The summed E-state index contributed by atoms with van der Waals surface area (Å²) in [6, 6.07) is 10.8. The van der Waals surface area contributed by atoms with E-state index in [0.29, 0.717) is 41.3 Å². The zero-order valence-corrected chi connectivity index (χ0v) is 26.4. The van der Waals surface area contributed by atoms with Gasteiger partial charge in [0.05, 0.1) is 50.5 Å². The van der Waals surface area contributed by atoms with Crippen molar-refractivity contribution in [2.45, 2.75) is 38.5 Å². The van der Waals surface area contributed by atoms with Gasteiger partial charge < -0.3 is 19.1 Å². The number of alkyl halides is 3. The average molecular weight is 658 g/mol. The lowest BCUT2D eigenvalue weighted by atomic mass is 9.89. The number of quaternary nitrogens is 1. The normalized spacial score (nSPS) is 16.9. The Labute approximate surface area is 268 Å². The predicted molar refractivity (Wildman–Crippen MR) is 163 cm³/mol. The first-order valence-corrected chi connectivity index (χ1v) is 14.7. The molecule has 1 atom stereocenters. The van der Waals surface area contributed by atoms with Crippen LogP contribution in [-0.4, -0.2) is 77.8 Å². The fourth-order valence-electron chi connectivity index (χ4n) is 6.31. The third-order valence-electron chi connectivity index (χ3n) is 8.24. The van der Waals surface area contributed by atoms with Crippen LogP contribution in [0, 0.1) is 17.2 Å². The molecule has 0 bridgehead atoms. The van der Waals surface area contributed by atoms with Crippen LogP contribution in [0.3, 0.4) is 0 Å². The van der Waals surface area contributed by atoms with E-state index in [-0.39, 0.29) is 29.4 Å². The van der Waals surface area contributed by atoms with E-state index in [4.69, 9.17) is 19.4 Å². The van der Waals surface area contributed by atoms with Gasteiger partial charge in [0.1, 0.15) is 12.6 Å². The summed E-state index contributed by atoms with van der Waals surface area (Å²) >= 11 is 0. The molecule has 12 nitrogen and oxygen atoms in total. The van der Waals surface area contributed by atoms with E-state index < -0.39 is 29.4 Å². The summed E-state index contributed by atoms with van der Waals surface area (Å²) in [6.45, 7) is 4.08. The van der Waals surface area contributed by atoms with Crippen LogP contribution in [0.2, 0.25) is 0 Å². The highest BCUT2D eigenvalue weighted by Gasteiger charge is 2.41. The van der Waals surface area contributed by atoms with Crippen molar-refractivity contribution in [1.29, 1.82) is 5.26 Å². The van der Waals surface area contributed by atoms with Crippen molar-refractivity contribution in [1.82, 2.24) is 14.8 Å². The minimum atomic E-state index is -4.62. The molecular weight excluding hydrogens is 621 g/mol. The Balaban J connectivity index is 0.00000160. The lowest BCUT2D eigenvalue weighted by Gasteiger charge is -2.38. The number of esters is 1. The van der Waals surface area contributed by atoms with Crippen molar-refractivity contribution >= 4 is 24.1 Å². The monoisotopic (exact) mass is 657 g/mol. The number of carbonyl (C=O) groups excluding carboxylic acids is 1. The minimum absolute atomic E-state index is 0.00995. The van der Waals surface area contributed by atoms with Crippen LogP contribution < -0.4 is 10.6 Å². The van der Waals surface area contributed by atoms with Crippen molar-refractivity contribution in [2.24, 2.45) is 5.92 Å². The highest BCUT2D eigenvalue weighted by Crippen LogP contribution is 2.44. The molecule has 0 unspecified atom stereocenters. The molecule has 0 amide bonds. The van der Waals surface area contributed by atoms with Gasteiger partial charge in [-0.05, 0) is 55.7 Å². The number of hydrogen-bond acceptors (Lipinski definition) is 8. The molecule has 47 heavy (non-hydrogen) atoms. The number of allylic oxidation sites excluding steroid dienone is 1. The smallest absolute Gasteiger partial charge is 0.416 e. The number of ether oxygens (including phenoxy) is 2. The highest BCUT2D eigenvalue weighted by atomic mass is 19.4. The third-order valence-corrected chi connectivity index (χ3v) is 8.24. The second-order valence-corrected chi connectivity index (χ2v) is 11.9. The molecule has 2 aromatic carbocycles. The molecule has 2 aliphatic heterocycles. The quantitative estimate of drug-likeness (QED) is 0.215. The molecule has 0 radical (unpaired) electrons. The Kier molecular flexibility index (Phi) is 10.6. The molecule has 0 saturated carbocycles. The number of nitriles is 1. The molecule has 2 aliphatic rings. The first-order chi connectivity index (χ1) is 22.3. The number of benzene rings is 2. The number of carboxylic acid groups (broad SMARTS) is 1. The summed E-state index contributed by atoms with van der Waals surface area (Å²) in [7, 11) is 5.38. The lowest BCUT2D eigenvalue weighted by Crippen LogP contribution is -2.44. The maximum absolute atomic E-state index is 13.7. The topological polar surface area (TPSA) is 151 Å². The van der Waals surface area contributed by atoms with E-state index in [1.165, 1.54) is 28.7 Å². The second-order valence-electron chi connectivity index (χ2n) is 11.9. The maximum Gasteiger partial charge on any atom is 0.416 e. The molecule has 0 aliphatic carbocycles. The average Bonchev–Trinajstić information content (AvgIpc) is 3.40. The Morgan fingerprint density at radius 1 is 1.23 bits per heavy atom. The van der Waals surface area contributed by atoms with Gasteiger partial charge >= 0.3 is 17.8 Å². The second kappa shape index (κ2) is 14.2. The van der Waals surface area contributed by atoms with E-state index in [1.807, 2.05) is 0 Å². The molecule has 5 rings (SSSR count). The van der Waals surface area contributed by atoms with E-state index in [2.05, 4.69) is 30.4 Å². The lowest BCUT2D eigenvalue weighted by molar-refractivity contribution is -0.907. The number of H-pyrrole nitrogens is 1. The van der Waals surface area contributed by atoms with Gasteiger partial charge in [-0.1, -0.05) is 12.1 Å². The number of aromatic nitrogens is 3. The van der Waals surface area contributed by atoms with Crippen molar-refractivity contribution in [3.05, 3.63) is 86.5 Å². The van der Waals surface area contributed by atoms with Gasteiger partial charge in [-0.15, -0.1) is 5.10 Å². The van der Waals surface area contributed by atoms with Crippen molar-refractivity contribution in [3.8, 4) is 6.07 Å². The zero-order valence-electron chi connectivity index (χ0n) is 26.4. The predicted octanol–water partition coefficient (Wildman–Crippen LogP) is 4.35. The molecule has 3 aromatic rings. The van der Waals surface area contributed by atoms with Gasteiger partial charge in [-0.25, -0.2) is 19.3 Å². The number of halogens is 3. The van der Waals surface area contributed by atoms with E-state index in [0.717, 1.165) is 37.1 Å². The summed E-state index contributed by atoms with van der Waals surface area (Å²) in [4.78, 5) is 36.6. The fourth-order valence-corrected chi connectivity index (χ4v) is 6.31. The van der Waals surface area contributed by atoms with Gasteiger partial charge in [0.15, 0.2) is 0 Å². The summed E-state index contributed by atoms with van der Waals surface area (Å²) in [6.07, 6.45) is -2.72. The standard InChI is InChI=1S/C31H33F3N6O4.CH2O2/c1-19-26(28(41)43-4)27(39-29(36-37-30(39)42)38(19)24-7-5-6-23(15-24)31(32,33)34)25-9-8-21(16-35)14-22(25)18-40(2,3)17-20-10-12-44-13-11-20;2-1-3/h5-9,14-15,20,27H,10-13,17-18H2,1-4H3;1H,(H,2,3)/p+1/t27-;/m1./s1. The van der Waals surface area contributed by atoms with Crippen LogP contribution >= 0.6 is 0 Å². The fraction of sp³-hybridized carbons (Fsp3) is 0.406. The molecule has 3 heterocycles. The molecule has 2 N–H and O–H groups in total. The van der Waals surface area contributed by atoms with Gasteiger partial charge in [-0.2, -0.15) is 18.4 Å². The van der Waals surface area contributed by atoms with Crippen molar-refractivity contribution in [2.75, 3.05) is 45.9 Å². The summed E-state index contributed by atoms with van der Waals surface area (Å²) in [5.74, 6) is -0.293. The molecular formula is C32H36F3N6O6+. The summed E-state index contributed by atoms with van der Waals surface area (Å²) < 4.78 is 53.5. The third kappa shape index (κ3) is 7.55. The SMILES string of the molecule is COC(=O)C1=C(C)N(c2cccc(C(F)(F)F)c2)c2n[nH]c(=O)n2[C@@H]1c1ccc(C#N)cc1C[N+](C)(C)CC1CCOCC1.O=CO. The number of hydrogen-bond donors (Lipinski definition) is 2. The number of fused-ring (bicyclic) bond motifs is 1. The van der Waals surface area contributed by atoms with Gasteiger partial charge in [0, 0.05) is 36.1 Å². The summed E-state index contributed by atoms with van der Waals surface area (Å²) in [5, 5.41) is 23.2. The van der Waals surface area contributed by atoms with Gasteiger partial charge in [0.25, 0.3) is 6.47 Å². The highest BCUT2D eigenvalue weighted by molar-refractivity contribution is 5.93. The number of anilines is 2. The first-order valence-electron chi connectivity index (χ1n) is 14.7. The van der Waals surface area contributed by atoms with Crippen LogP contribution in [-0.2, 0) is 31.8 Å². The zero-order chi connectivity index (χ0) is 34.5. The Morgan fingerprint density at radius 2 is 1.91 bits per heavy atom. The molecule has 1 aromatic heterocycles. The van der Waals surface area contributed by atoms with Crippen molar-refractivity contribution < 1.29 is 41.8 Å². The Morgan fingerprint density at radius 3 is 2.53 bits per heavy atom. The van der Waals surface area contributed by atoms with Gasteiger partial charge in [0.2, 0.25) is 5.95 Å². The molecule has 250 valence electrons. The molecule has 15 heteroatoms.